The predicted molar refractivity (Wildman–Crippen MR) is 106 cm³/mol. The molecule has 0 spiro atoms. The number of benzene rings is 2. The van der Waals surface area contributed by atoms with E-state index in [1.165, 1.54) is 47.4 Å². The van der Waals surface area contributed by atoms with E-state index in [1.54, 1.807) is 35.7 Å². The SMILES string of the molecule is CC(=O)N(c1ccccc1)c1nc(/C=C(\C#N)C(=O)c2ccccc2F)cs1. The maximum atomic E-state index is 13.8. The van der Waals surface area contributed by atoms with Gasteiger partial charge >= 0.3 is 0 Å². The van der Waals surface area contributed by atoms with Crippen molar-refractivity contribution in [2.75, 3.05) is 4.90 Å². The molecular weight excluding hydrogens is 377 g/mol. The molecule has 28 heavy (non-hydrogen) atoms. The lowest BCUT2D eigenvalue weighted by Gasteiger charge is -2.17. The number of hydrogen-bond donors (Lipinski definition) is 0. The van der Waals surface area contributed by atoms with Crippen molar-refractivity contribution in [1.29, 1.82) is 5.26 Å². The largest absolute Gasteiger partial charge is 0.288 e. The maximum absolute atomic E-state index is 13.8. The quantitative estimate of drug-likeness (QED) is 0.357. The van der Waals surface area contributed by atoms with Crippen molar-refractivity contribution in [2.24, 2.45) is 0 Å². The number of thiazole rings is 1. The van der Waals surface area contributed by atoms with E-state index in [0.29, 0.717) is 16.5 Å². The zero-order valence-electron chi connectivity index (χ0n) is 14.8. The van der Waals surface area contributed by atoms with Gasteiger partial charge in [-0.15, -0.1) is 11.3 Å². The molecule has 0 aliphatic heterocycles. The Bertz CT molecular complexity index is 1100. The van der Waals surface area contributed by atoms with Crippen molar-refractivity contribution in [3.63, 3.8) is 0 Å². The summed E-state index contributed by atoms with van der Waals surface area (Å²) in [5.74, 6) is -1.64. The number of ketones is 1. The van der Waals surface area contributed by atoms with Crippen LogP contribution in [0.25, 0.3) is 6.08 Å². The van der Waals surface area contributed by atoms with Crippen molar-refractivity contribution in [3.05, 3.63) is 82.6 Å². The molecule has 0 radical (unpaired) electrons. The van der Waals surface area contributed by atoms with E-state index >= 15 is 0 Å². The zero-order valence-corrected chi connectivity index (χ0v) is 15.6. The number of amides is 1. The maximum Gasteiger partial charge on any atom is 0.230 e. The second-order valence-corrected chi connectivity index (χ2v) is 6.56. The van der Waals surface area contributed by atoms with Crippen molar-refractivity contribution < 1.29 is 14.0 Å². The van der Waals surface area contributed by atoms with Crippen LogP contribution in [0.5, 0.6) is 0 Å². The predicted octanol–water partition coefficient (Wildman–Crippen LogP) is 4.76. The van der Waals surface area contributed by atoms with Gasteiger partial charge in [0.2, 0.25) is 11.7 Å². The van der Waals surface area contributed by atoms with Crippen LogP contribution in [0.4, 0.5) is 15.2 Å². The fourth-order valence-corrected chi connectivity index (χ4v) is 3.38. The van der Waals surface area contributed by atoms with Crippen LogP contribution in [0.3, 0.4) is 0 Å². The number of Topliss-reactive ketones (excluding diaryl/α,β-unsaturated/α-hetero) is 1. The monoisotopic (exact) mass is 391 g/mol. The number of allylic oxidation sites excluding steroid dienone is 1. The minimum Gasteiger partial charge on any atom is -0.288 e. The lowest BCUT2D eigenvalue weighted by molar-refractivity contribution is -0.115. The van der Waals surface area contributed by atoms with Gasteiger partial charge in [0, 0.05) is 12.3 Å². The van der Waals surface area contributed by atoms with Crippen LogP contribution < -0.4 is 4.90 Å². The van der Waals surface area contributed by atoms with Crippen LogP contribution in [-0.2, 0) is 4.79 Å². The first-order valence-electron chi connectivity index (χ1n) is 8.23. The van der Waals surface area contributed by atoms with Crippen molar-refractivity contribution in [2.45, 2.75) is 6.92 Å². The molecule has 7 heteroatoms. The minimum absolute atomic E-state index is 0.180. The Morgan fingerprint density at radius 1 is 1.14 bits per heavy atom. The Hall–Kier alpha value is -3.63. The summed E-state index contributed by atoms with van der Waals surface area (Å²) in [6, 6.07) is 16.3. The summed E-state index contributed by atoms with van der Waals surface area (Å²) in [6.45, 7) is 1.42. The molecule has 3 rings (SSSR count). The highest BCUT2D eigenvalue weighted by molar-refractivity contribution is 7.14. The van der Waals surface area contributed by atoms with E-state index < -0.39 is 11.6 Å². The first-order chi connectivity index (χ1) is 13.5. The number of nitrogens with zero attached hydrogens (tertiary/aromatic N) is 3. The highest BCUT2D eigenvalue weighted by atomic mass is 32.1. The first-order valence-corrected chi connectivity index (χ1v) is 9.11. The molecule has 0 N–H and O–H groups in total. The average Bonchev–Trinajstić information content (AvgIpc) is 3.14. The number of halogens is 1. The molecule has 2 aromatic carbocycles. The van der Waals surface area contributed by atoms with Crippen LogP contribution in [-0.4, -0.2) is 16.7 Å². The van der Waals surface area contributed by atoms with E-state index in [4.69, 9.17) is 0 Å². The highest BCUT2D eigenvalue weighted by Crippen LogP contribution is 2.29. The molecule has 0 unspecified atom stereocenters. The smallest absolute Gasteiger partial charge is 0.230 e. The summed E-state index contributed by atoms with van der Waals surface area (Å²) >= 11 is 1.20. The number of carbonyl (C=O) groups is 2. The average molecular weight is 391 g/mol. The number of nitriles is 1. The second kappa shape index (κ2) is 8.37. The van der Waals surface area contributed by atoms with Crippen molar-refractivity contribution >= 4 is 39.9 Å². The number of carbonyl (C=O) groups excluding carboxylic acids is 2. The van der Waals surface area contributed by atoms with Gasteiger partial charge in [0.15, 0.2) is 5.13 Å². The third-order valence-electron chi connectivity index (χ3n) is 3.81. The van der Waals surface area contributed by atoms with Crippen LogP contribution >= 0.6 is 11.3 Å². The molecule has 0 aliphatic carbocycles. The van der Waals surface area contributed by atoms with E-state index in [9.17, 15) is 19.2 Å². The third-order valence-corrected chi connectivity index (χ3v) is 4.65. The molecule has 0 atom stereocenters. The Morgan fingerprint density at radius 3 is 2.46 bits per heavy atom. The number of hydrogen-bond acceptors (Lipinski definition) is 5. The molecule has 138 valence electrons. The number of anilines is 2. The molecule has 1 heterocycles. The van der Waals surface area contributed by atoms with Crippen LogP contribution in [0, 0.1) is 17.1 Å². The summed E-state index contributed by atoms with van der Waals surface area (Å²) in [6.07, 6.45) is 1.29. The fraction of sp³-hybridized carbons (Fsp3) is 0.0476. The summed E-state index contributed by atoms with van der Waals surface area (Å²) < 4.78 is 13.8. The van der Waals surface area contributed by atoms with Crippen molar-refractivity contribution in [1.82, 2.24) is 4.98 Å². The molecule has 0 fully saturated rings. The zero-order chi connectivity index (χ0) is 20.1. The van der Waals surface area contributed by atoms with Gasteiger partial charge in [-0.25, -0.2) is 9.37 Å². The topological polar surface area (TPSA) is 74.1 Å². The van der Waals surface area contributed by atoms with Gasteiger partial charge in [-0.1, -0.05) is 30.3 Å². The Morgan fingerprint density at radius 2 is 1.82 bits per heavy atom. The van der Waals surface area contributed by atoms with Gasteiger partial charge in [-0.2, -0.15) is 5.26 Å². The molecule has 1 aromatic heterocycles. The van der Waals surface area contributed by atoms with Gasteiger partial charge < -0.3 is 0 Å². The normalized spacial score (nSPS) is 11.0. The molecule has 0 saturated heterocycles. The Labute approximate surface area is 165 Å². The lowest BCUT2D eigenvalue weighted by Crippen LogP contribution is -2.22. The van der Waals surface area contributed by atoms with E-state index in [1.807, 2.05) is 6.07 Å². The van der Waals surface area contributed by atoms with E-state index in [0.717, 1.165) is 6.07 Å². The van der Waals surface area contributed by atoms with E-state index in [-0.39, 0.29) is 17.0 Å². The standard InChI is InChI=1S/C21H14FN3O2S/c1-14(26)25(17-7-3-2-4-8-17)21-24-16(13-28-21)11-15(12-23)20(27)18-9-5-6-10-19(18)22/h2-11,13H,1H3/b15-11+. The highest BCUT2D eigenvalue weighted by Gasteiger charge is 2.19. The molecule has 0 saturated carbocycles. The number of rotatable bonds is 5. The molecule has 3 aromatic rings. The van der Waals surface area contributed by atoms with Gasteiger partial charge in [-0.05, 0) is 30.3 Å². The summed E-state index contributed by atoms with van der Waals surface area (Å²) in [4.78, 5) is 30.3. The molecule has 0 aliphatic rings. The van der Waals surface area contributed by atoms with Crippen molar-refractivity contribution in [3.8, 4) is 6.07 Å². The van der Waals surface area contributed by atoms with Gasteiger partial charge in [0.25, 0.3) is 0 Å². The molecule has 5 nitrogen and oxygen atoms in total. The summed E-state index contributed by atoms with van der Waals surface area (Å²) in [5.41, 5.74) is 0.572. The Kier molecular flexibility index (Phi) is 5.72. The lowest BCUT2D eigenvalue weighted by atomic mass is 10.0. The van der Waals surface area contributed by atoms with Crippen LogP contribution in [0.2, 0.25) is 0 Å². The molecule has 0 bridgehead atoms. The first kappa shape index (κ1) is 19.1. The van der Waals surface area contributed by atoms with Crippen LogP contribution in [0.15, 0.2) is 65.6 Å². The summed E-state index contributed by atoms with van der Waals surface area (Å²) in [7, 11) is 0. The second-order valence-electron chi connectivity index (χ2n) is 5.72. The fourth-order valence-electron chi connectivity index (χ4n) is 2.54. The number of aromatic nitrogens is 1. The minimum atomic E-state index is -0.721. The van der Waals surface area contributed by atoms with E-state index in [2.05, 4.69) is 4.98 Å². The third kappa shape index (κ3) is 4.03. The molecular formula is C21H14FN3O2S. The van der Waals surface area contributed by atoms with Gasteiger partial charge in [0.05, 0.1) is 16.9 Å². The van der Waals surface area contributed by atoms with Gasteiger partial charge in [0.1, 0.15) is 17.5 Å². The molecule has 1 amide bonds. The Balaban J connectivity index is 1.94. The van der Waals surface area contributed by atoms with Crippen LogP contribution in [0.1, 0.15) is 23.0 Å². The van der Waals surface area contributed by atoms with Gasteiger partial charge in [-0.3, -0.25) is 14.5 Å². The summed E-state index contributed by atoms with van der Waals surface area (Å²) in [5, 5.41) is 11.4. The number of para-hydroxylation sites is 1.